The fraction of sp³-hybridized carbons (Fsp3) is 0.522. The molecule has 2 aromatic rings. The zero-order valence-electron chi connectivity index (χ0n) is 17.6. The van der Waals surface area contributed by atoms with Crippen LogP contribution in [0.5, 0.6) is 0 Å². The molecule has 1 aliphatic rings. The van der Waals surface area contributed by atoms with Crippen molar-refractivity contribution < 1.29 is 9.84 Å². The zero-order chi connectivity index (χ0) is 20.5. The van der Waals surface area contributed by atoms with E-state index >= 15 is 0 Å². The third-order valence-electron chi connectivity index (χ3n) is 5.62. The molecule has 1 aromatic carbocycles. The largest absolute Gasteiger partial charge is 0.396 e. The second-order valence-electron chi connectivity index (χ2n) is 8.32. The molecule has 1 aromatic heterocycles. The lowest BCUT2D eigenvalue weighted by molar-refractivity contribution is 0.146. The predicted octanol–water partition coefficient (Wildman–Crippen LogP) is 5.60. The molecule has 4 nitrogen and oxygen atoms in total. The van der Waals surface area contributed by atoms with Crippen LogP contribution in [0, 0.1) is 5.41 Å². The van der Waals surface area contributed by atoms with Crippen molar-refractivity contribution in [1.29, 1.82) is 0 Å². The van der Waals surface area contributed by atoms with Gasteiger partial charge in [0.25, 0.3) is 0 Å². The quantitative estimate of drug-likeness (QED) is 0.601. The average molecular weight is 447 g/mol. The van der Waals surface area contributed by atoms with Gasteiger partial charge in [-0.15, -0.1) is 0 Å². The normalized spacial score (nSPS) is 16.2. The van der Waals surface area contributed by atoms with E-state index in [9.17, 15) is 5.11 Å². The third-order valence-corrected chi connectivity index (χ3v) is 6.11. The van der Waals surface area contributed by atoms with Gasteiger partial charge in [0.15, 0.2) is 0 Å². The number of rotatable bonds is 7. The summed E-state index contributed by atoms with van der Waals surface area (Å²) in [6, 6.07) is 6.50. The number of ether oxygens (including phenoxy) is 1. The third kappa shape index (κ3) is 3.98. The van der Waals surface area contributed by atoms with E-state index in [1.165, 1.54) is 27.7 Å². The van der Waals surface area contributed by atoms with Crippen molar-refractivity contribution in [1.82, 2.24) is 4.57 Å². The van der Waals surface area contributed by atoms with E-state index in [2.05, 4.69) is 66.4 Å². The summed E-state index contributed by atoms with van der Waals surface area (Å²) in [5, 5.41) is 11.2. The Morgan fingerprint density at radius 2 is 2.11 bits per heavy atom. The fourth-order valence-electron chi connectivity index (χ4n) is 4.06. The summed E-state index contributed by atoms with van der Waals surface area (Å²) in [6.45, 7) is 9.53. The molecule has 1 atom stereocenters. The number of methoxy groups -OCH3 is 1. The molecule has 0 spiro atoms. The van der Waals surface area contributed by atoms with Gasteiger partial charge in [-0.05, 0) is 62.3 Å². The van der Waals surface area contributed by atoms with E-state index in [-0.39, 0.29) is 18.1 Å². The second-order valence-corrected chi connectivity index (χ2v) is 9.24. The molecule has 0 radical (unpaired) electrons. The highest BCUT2D eigenvalue weighted by molar-refractivity contribution is 9.10. The first-order chi connectivity index (χ1) is 13.3. The highest BCUT2D eigenvalue weighted by Crippen LogP contribution is 2.40. The standard InChI is InChI=1S/C23H31BrN2O2/c1-6-26-20-10-9-16(24)12-18(20)19(13-23(3,4)14-27)22(26)17-8-7-11-25-21(17)15(2)28-5/h9-12,15,27H,6-8,13-14H2,1-5H3/t15-/m0/s1. The van der Waals surface area contributed by atoms with Crippen LogP contribution in [0.2, 0.25) is 0 Å². The number of allylic oxidation sites excluding steroid dienone is 1. The van der Waals surface area contributed by atoms with Crippen molar-refractivity contribution in [3.63, 3.8) is 0 Å². The van der Waals surface area contributed by atoms with E-state index in [0.717, 1.165) is 36.0 Å². The van der Waals surface area contributed by atoms with Gasteiger partial charge in [-0.1, -0.05) is 29.8 Å². The van der Waals surface area contributed by atoms with Crippen LogP contribution in [0.3, 0.4) is 0 Å². The fourth-order valence-corrected chi connectivity index (χ4v) is 4.42. The molecule has 152 valence electrons. The Hall–Kier alpha value is -1.43. The van der Waals surface area contributed by atoms with Gasteiger partial charge in [0, 0.05) is 47.4 Å². The Bertz CT molecular complexity index is 924. The number of halogens is 1. The van der Waals surface area contributed by atoms with Crippen LogP contribution in [0.15, 0.2) is 33.4 Å². The number of aryl methyl sites for hydroxylation is 1. The molecule has 5 heteroatoms. The monoisotopic (exact) mass is 446 g/mol. The number of hydrogen-bond donors (Lipinski definition) is 1. The summed E-state index contributed by atoms with van der Waals surface area (Å²) in [7, 11) is 1.74. The molecule has 0 saturated heterocycles. The lowest BCUT2D eigenvalue weighted by Crippen LogP contribution is -2.21. The summed E-state index contributed by atoms with van der Waals surface area (Å²) in [5.41, 5.74) is 5.88. The number of aliphatic hydroxyl groups excluding tert-OH is 1. The molecule has 0 saturated carbocycles. The van der Waals surface area contributed by atoms with Crippen LogP contribution in [0.25, 0.3) is 16.5 Å². The van der Waals surface area contributed by atoms with Crippen LogP contribution >= 0.6 is 15.9 Å². The molecule has 0 aliphatic carbocycles. The van der Waals surface area contributed by atoms with Gasteiger partial charge in [-0.2, -0.15) is 0 Å². The molecular weight excluding hydrogens is 416 g/mol. The van der Waals surface area contributed by atoms with E-state index in [0.29, 0.717) is 0 Å². The summed E-state index contributed by atoms with van der Waals surface area (Å²) in [4.78, 5) is 4.74. The smallest absolute Gasteiger partial charge is 0.0966 e. The molecule has 0 amide bonds. The molecule has 0 fully saturated rings. The number of aromatic nitrogens is 1. The second kappa shape index (κ2) is 8.52. The molecule has 3 rings (SSSR count). The maximum absolute atomic E-state index is 9.95. The van der Waals surface area contributed by atoms with Gasteiger partial charge < -0.3 is 14.4 Å². The minimum Gasteiger partial charge on any atom is -0.396 e. The van der Waals surface area contributed by atoms with Crippen LogP contribution in [0.1, 0.15) is 51.8 Å². The topological polar surface area (TPSA) is 46.8 Å². The first-order valence-electron chi connectivity index (χ1n) is 10.0. The van der Waals surface area contributed by atoms with E-state index in [4.69, 9.17) is 9.73 Å². The maximum Gasteiger partial charge on any atom is 0.0966 e. The maximum atomic E-state index is 9.95. The highest BCUT2D eigenvalue weighted by Gasteiger charge is 2.28. The summed E-state index contributed by atoms with van der Waals surface area (Å²) in [5.74, 6) is 0. The molecule has 0 bridgehead atoms. The predicted molar refractivity (Wildman–Crippen MR) is 121 cm³/mol. The van der Waals surface area contributed by atoms with Crippen LogP contribution in [-0.4, -0.2) is 35.7 Å². The Morgan fingerprint density at radius 3 is 2.75 bits per heavy atom. The lowest BCUT2D eigenvalue weighted by atomic mass is 9.83. The van der Waals surface area contributed by atoms with Gasteiger partial charge in [-0.25, -0.2) is 0 Å². The van der Waals surface area contributed by atoms with E-state index in [1.807, 2.05) is 6.21 Å². The van der Waals surface area contributed by atoms with E-state index in [1.54, 1.807) is 7.11 Å². The zero-order valence-corrected chi connectivity index (χ0v) is 19.1. The van der Waals surface area contributed by atoms with Crippen LogP contribution < -0.4 is 0 Å². The first-order valence-corrected chi connectivity index (χ1v) is 10.8. The average Bonchev–Trinajstić information content (AvgIpc) is 2.99. The Kier molecular flexibility index (Phi) is 6.47. The summed E-state index contributed by atoms with van der Waals surface area (Å²) < 4.78 is 9.12. The van der Waals surface area contributed by atoms with Crippen molar-refractivity contribution >= 4 is 38.6 Å². The Labute approximate surface area is 176 Å². The van der Waals surface area contributed by atoms with Gasteiger partial charge in [-0.3, -0.25) is 4.99 Å². The number of nitrogens with zero attached hydrogens (tertiary/aromatic N) is 2. The van der Waals surface area contributed by atoms with Crippen LogP contribution in [0.4, 0.5) is 0 Å². The van der Waals surface area contributed by atoms with Gasteiger partial charge in [0.1, 0.15) is 0 Å². The van der Waals surface area contributed by atoms with Gasteiger partial charge in [0.2, 0.25) is 0 Å². The van der Waals surface area contributed by atoms with Crippen LogP contribution in [-0.2, 0) is 17.7 Å². The molecule has 2 heterocycles. The van der Waals surface area contributed by atoms with Crippen molar-refractivity contribution in [2.45, 2.75) is 59.6 Å². The Balaban J connectivity index is 2.37. The number of aliphatic imine (C=N–C) groups is 1. The molecule has 1 aliphatic heterocycles. The summed E-state index contributed by atoms with van der Waals surface area (Å²) >= 11 is 3.65. The lowest BCUT2D eigenvalue weighted by Gasteiger charge is -2.25. The molecule has 0 unspecified atom stereocenters. The van der Waals surface area contributed by atoms with Crippen molar-refractivity contribution in [3.8, 4) is 0 Å². The molecule has 1 N–H and O–H groups in total. The van der Waals surface area contributed by atoms with Crippen molar-refractivity contribution in [2.75, 3.05) is 13.7 Å². The number of fused-ring (bicyclic) bond motifs is 1. The van der Waals surface area contributed by atoms with Gasteiger partial charge in [0.05, 0.1) is 17.5 Å². The summed E-state index contributed by atoms with van der Waals surface area (Å²) in [6.07, 6.45) is 4.64. The van der Waals surface area contributed by atoms with Crippen molar-refractivity contribution in [2.24, 2.45) is 10.4 Å². The number of aliphatic hydroxyl groups is 1. The van der Waals surface area contributed by atoms with E-state index < -0.39 is 0 Å². The Morgan fingerprint density at radius 1 is 1.36 bits per heavy atom. The van der Waals surface area contributed by atoms with Crippen molar-refractivity contribution in [3.05, 3.63) is 39.6 Å². The molecule has 28 heavy (non-hydrogen) atoms. The SMILES string of the molecule is CCn1c(C2=C([C@H](C)OC)N=CCC2)c(CC(C)(C)CO)c2cc(Br)ccc21. The first kappa shape index (κ1) is 21.3. The number of hydrogen-bond acceptors (Lipinski definition) is 3. The minimum absolute atomic E-state index is 0.0553. The highest BCUT2D eigenvalue weighted by atomic mass is 79.9. The minimum atomic E-state index is -0.199. The number of benzene rings is 1. The van der Waals surface area contributed by atoms with Gasteiger partial charge >= 0.3 is 0 Å². The molecular formula is C23H31BrN2O2.